The van der Waals surface area contributed by atoms with E-state index in [1.54, 1.807) is 6.07 Å². The second kappa shape index (κ2) is 7.72. The molecule has 0 spiro atoms. The summed E-state index contributed by atoms with van der Waals surface area (Å²) >= 11 is 0. The lowest BCUT2D eigenvalue weighted by molar-refractivity contribution is -0.143. The number of alkyl carbamates (subject to hydrolysis) is 1. The number of hydrogen-bond donors (Lipinski definition) is 1. The first-order chi connectivity index (χ1) is 13.1. The molecule has 2 aliphatic rings. The van der Waals surface area contributed by atoms with Crippen molar-refractivity contribution in [1.82, 2.24) is 10.2 Å². The number of rotatable bonds is 5. The minimum absolute atomic E-state index is 0.0611. The van der Waals surface area contributed by atoms with Crippen LogP contribution >= 0.6 is 0 Å². The molecule has 0 bridgehead atoms. The van der Waals surface area contributed by atoms with Gasteiger partial charge in [-0.25, -0.2) is 9.18 Å². The Labute approximate surface area is 166 Å². The average Bonchev–Trinajstić information content (AvgIpc) is 2.57. The van der Waals surface area contributed by atoms with Crippen LogP contribution in [0.1, 0.15) is 69.4 Å². The standard InChI is InChI=1S/C22H31FN2O3/c1-13(2)18-7-6-14(10-19(18)23)15-8-17(9-15)25(4)20(26)16-11-22(3,12-16)24-21(27)28-5/h6-7,10,13,15-17H,8-9,11-12H2,1-5H3,(H,24,27)/t15-,16-,17+,22+. The van der Waals surface area contributed by atoms with Gasteiger partial charge < -0.3 is 15.0 Å². The zero-order valence-electron chi connectivity index (χ0n) is 17.4. The number of carbonyl (C=O) groups is 2. The summed E-state index contributed by atoms with van der Waals surface area (Å²) in [7, 11) is 3.19. The lowest BCUT2D eigenvalue weighted by Gasteiger charge is -2.48. The zero-order valence-corrected chi connectivity index (χ0v) is 17.4. The highest BCUT2D eigenvalue weighted by molar-refractivity contribution is 5.81. The molecule has 1 aromatic carbocycles. The molecule has 3 rings (SSSR count). The average molecular weight is 390 g/mol. The van der Waals surface area contributed by atoms with Crippen molar-refractivity contribution < 1.29 is 18.7 Å². The molecule has 5 nitrogen and oxygen atoms in total. The molecule has 0 atom stereocenters. The Morgan fingerprint density at radius 3 is 2.46 bits per heavy atom. The summed E-state index contributed by atoms with van der Waals surface area (Å²) in [6.45, 7) is 5.91. The van der Waals surface area contributed by atoms with Crippen molar-refractivity contribution in [3.63, 3.8) is 0 Å². The number of carbonyl (C=O) groups excluding carboxylic acids is 2. The summed E-state index contributed by atoms with van der Waals surface area (Å²) in [5.74, 6) is 0.424. The van der Waals surface area contributed by atoms with Gasteiger partial charge in [0.05, 0.1) is 7.11 Å². The van der Waals surface area contributed by atoms with Crippen molar-refractivity contribution in [2.75, 3.05) is 14.2 Å². The first-order valence-corrected chi connectivity index (χ1v) is 10.1. The van der Waals surface area contributed by atoms with Crippen LogP contribution in [0.15, 0.2) is 18.2 Å². The van der Waals surface area contributed by atoms with Gasteiger partial charge in [0.1, 0.15) is 5.82 Å². The van der Waals surface area contributed by atoms with Crippen LogP contribution in [-0.4, -0.2) is 42.6 Å². The van der Waals surface area contributed by atoms with Gasteiger partial charge in [-0.05, 0) is 61.6 Å². The van der Waals surface area contributed by atoms with Crippen LogP contribution in [0.2, 0.25) is 0 Å². The predicted octanol–water partition coefficient (Wildman–Crippen LogP) is 4.18. The fourth-order valence-corrected chi connectivity index (χ4v) is 4.51. The van der Waals surface area contributed by atoms with Gasteiger partial charge in [-0.1, -0.05) is 26.0 Å². The minimum Gasteiger partial charge on any atom is -0.453 e. The Kier molecular flexibility index (Phi) is 5.69. The normalized spacial score (nSPS) is 28.9. The second-order valence-electron chi connectivity index (χ2n) is 8.99. The van der Waals surface area contributed by atoms with Crippen LogP contribution in [0.3, 0.4) is 0 Å². The van der Waals surface area contributed by atoms with E-state index in [0.29, 0.717) is 18.8 Å². The van der Waals surface area contributed by atoms with Gasteiger partial charge >= 0.3 is 6.09 Å². The number of halogens is 1. The van der Waals surface area contributed by atoms with Crippen LogP contribution < -0.4 is 5.32 Å². The predicted molar refractivity (Wildman–Crippen MR) is 106 cm³/mol. The van der Waals surface area contributed by atoms with E-state index < -0.39 is 6.09 Å². The first kappa shape index (κ1) is 20.6. The summed E-state index contributed by atoms with van der Waals surface area (Å²) in [6.07, 6.45) is 2.53. The molecular formula is C22H31FN2O3. The molecule has 0 unspecified atom stereocenters. The Morgan fingerprint density at radius 2 is 1.93 bits per heavy atom. The quantitative estimate of drug-likeness (QED) is 0.821. The third kappa shape index (κ3) is 4.01. The molecule has 0 saturated heterocycles. The van der Waals surface area contributed by atoms with Gasteiger partial charge in [0.15, 0.2) is 0 Å². The van der Waals surface area contributed by atoms with Crippen molar-refractivity contribution in [3.05, 3.63) is 35.1 Å². The van der Waals surface area contributed by atoms with Crippen LogP contribution in [0.25, 0.3) is 0 Å². The van der Waals surface area contributed by atoms with E-state index >= 15 is 0 Å². The molecule has 2 amide bonds. The Hall–Kier alpha value is -2.11. The Bertz CT molecular complexity index is 752. The van der Waals surface area contributed by atoms with Gasteiger partial charge in [0.2, 0.25) is 5.91 Å². The Balaban J connectivity index is 1.50. The molecule has 0 aliphatic heterocycles. The topological polar surface area (TPSA) is 58.6 Å². The molecule has 0 heterocycles. The molecule has 2 saturated carbocycles. The molecule has 0 aromatic heterocycles. The highest BCUT2D eigenvalue weighted by Crippen LogP contribution is 2.43. The van der Waals surface area contributed by atoms with Crippen LogP contribution in [0, 0.1) is 11.7 Å². The van der Waals surface area contributed by atoms with Gasteiger partial charge in [-0.15, -0.1) is 0 Å². The van der Waals surface area contributed by atoms with Crippen LogP contribution in [0.5, 0.6) is 0 Å². The number of nitrogens with zero attached hydrogens (tertiary/aromatic N) is 1. The third-order valence-corrected chi connectivity index (χ3v) is 6.46. The number of benzene rings is 1. The van der Waals surface area contributed by atoms with Crippen molar-refractivity contribution >= 4 is 12.0 Å². The fraction of sp³-hybridized carbons (Fsp3) is 0.636. The number of hydrogen-bond acceptors (Lipinski definition) is 3. The largest absolute Gasteiger partial charge is 0.453 e. The van der Waals surface area contributed by atoms with E-state index in [1.807, 2.05) is 44.9 Å². The number of nitrogens with one attached hydrogen (secondary N) is 1. The summed E-state index contributed by atoms with van der Waals surface area (Å²) in [5.41, 5.74) is 1.41. The monoisotopic (exact) mass is 390 g/mol. The van der Waals surface area contributed by atoms with Crippen molar-refractivity contribution in [2.45, 2.75) is 69.9 Å². The van der Waals surface area contributed by atoms with E-state index in [9.17, 15) is 14.0 Å². The summed E-state index contributed by atoms with van der Waals surface area (Å²) in [4.78, 5) is 26.0. The van der Waals surface area contributed by atoms with E-state index in [1.165, 1.54) is 7.11 Å². The van der Waals surface area contributed by atoms with E-state index in [0.717, 1.165) is 24.0 Å². The zero-order chi connectivity index (χ0) is 20.6. The maximum Gasteiger partial charge on any atom is 0.407 e. The van der Waals surface area contributed by atoms with Gasteiger partial charge in [0, 0.05) is 24.5 Å². The molecule has 154 valence electrons. The number of amides is 2. The summed E-state index contributed by atoms with van der Waals surface area (Å²) < 4.78 is 18.9. The van der Waals surface area contributed by atoms with Crippen LogP contribution in [0.4, 0.5) is 9.18 Å². The third-order valence-electron chi connectivity index (χ3n) is 6.46. The fourth-order valence-electron chi connectivity index (χ4n) is 4.51. The smallest absolute Gasteiger partial charge is 0.407 e. The lowest BCUT2D eigenvalue weighted by Crippen LogP contribution is -2.59. The first-order valence-electron chi connectivity index (χ1n) is 10.1. The maximum absolute atomic E-state index is 14.3. The van der Waals surface area contributed by atoms with E-state index in [-0.39, 0.29) is 35.1 Å². The molecule has 0 radical (unpaired) electrons. The second-order valence-corrected chi connectivity index (χ2v) is 8.99. The molecule has 2 fully saturated rings. The molecule has 1 N–H and O–H groups in total. The molecule has 1 aromatic rings. The van der Waals surface area contributed by atoms with E-state index in [4.69, 9.17) is 0 Å². The van der Waals surface area contributed by atoms with Crippen LogP contribution in [-0.2, 0) is 9.53 Å². The van der Waals surface area contributed by atoms with Crippen molar-refractivity contribution in [2.24, 2.45) is 5.92 Å². The summed E-state index contributed by atoms with van der Waals surface area (Å²) in [6, 6.07) is 5.78. The molecule has 6 heteroatoms. The van der Waals surface area contributed by atoms with Gasteiger partial charge in [-0.3, -0.25) is 4.79 Å². The summed E-state index contributed by atoms with van der Waals surface area (Å²) in [5, 5.41) is 2.80. The SMILES string of the molecule is COC(=O)N[C@]1(C)C[C@H](C(=O)N(C)[C@H]2C[C@@H](c3ccc(C(C)C)c(F)c3)C2)C1. The van der Waals surface area contributed by atoms with Crippen molar-refractivity contribution in [1.29, 1.82) is 0 Å². The molecule has 2 aliphatic carbocycles. The highest BCUT2D eigenvalue weighted by Gasteiger charge is 2.47. The van der Waals surface area contributed by atoms with E-state index in [2.05, 4.69) is 10.1 Å². The molecule has 28 heavy (non-hydrogen) atoms. The maximum atomic E-state index is 14.3. The van der Waals surface area contributed by atoms with Crippen molar-refractivity contribution in [3.8, 4) is 0 Å². The molecular weight excluding hydrogens is 359 g/mol. The lowest BCUT2D eigenvalue weighted by atomic mass is 9.68. The highest BCUT2D eigenvalue weighted by atomic mass is 19.1. The Morgan fingerprint density at radius 1 is 1.29 bits per heavy atom. The number of methoxy groups -OCH3 is 1. The van der Waals surface area contributed by atoms with Gasteiger partial charge in [0.25, 0.3) is 0 Å². The number of ether oxygens (including phenoxy) is 1. The minimum atomic E-state index is -0.459. The van der Waals surface area contributed by atoms with Gasteiger partial charge in [-0.2, -0.15) is 0 Å².